The standard InChI is InChI=1S/C21H22F2N2O4/c1-13(2)19(25-20(27)15-5-9-17(23)10-6-15)21(28)29-12-18(26)24-11-14-3-7-16(22)8-4-14/h3-10,13,19H,11-12H2,1-2H3,(H,24,26)(H,25,27)/t19-/m0/s1. The zero-order valence-corrected chi connectivity index (χ0v) is 16.1. The van der Waals surface area contributed by atoms with Crippen LogP contribution >= 0.6 is 0 Å². The van der Waals surface area contributed by atoms with Gasteiger partial charge in [0.2, 0.25) is 0 Å². The molecule has 0 saturated heterocycles. The molecule has 0 aliphatic carbocycles. The lowest BCUT2D eigenvalue weighted by atomic mass is 10.0. The van der Waals surface area contributed by atoms with Crippen LogP contribution in [0.2, 0.25) is 0 Å². The van der Waals surface area contributed by atoms with Crippen molar-refractivity contribution in [3.8, 4) is 0 Å². The molecular formula is C21H22F2N2O4. The molecule has 1 atom stereocenters. The molecule has 0 fully saturated rings. The minimum Gasteiger partial charge on any atom is -0.454 e. The quantitative estimate of drug-likeness (QED) is 0.663. The first kappa shape index (κ1) is 22.0. The van der Waals surface area contributed by atoms with E-state index >= 15 is 0 Å². The number of benzene rings is 2. The van der Waals surface area contributed by atoms with Crippen molar-refractivity contribution in [2.45, 2.75) is 26.4 Å². The number of ether oxygens (including phenoxy) is 1. The molecular weight excluding hydrogens is 382 g/mol. The fourth-order valence-corrected chi connectivity index (χ4v) is 2.40. The number of nitrogens with one attached hydrogen (secondary N) is 2. The van der Waals surface area contributed by atoms with E-state index in [-0.39, 0.29) is 23.8 Å². The van der Waals surface area contributed by atoms with E-state index in [1.165, 1.54) is 36.4 Å². The average molecular weight is 404 g/mol. The summed E-state index contributed by atoms with van der Waals surface area (Å²) in [5.41, 5.74) is 0.889. The lowest BCUT2D eigenvalue weighted by Gasteiger charge is -2.20. The van der Waals surface area contributed by atoms with Gasteiger partial charge in [0.05, 0.1) is 0 Å². The van der Waals surface area contributed by atoms with Crippen molar-refractivity contribution in [3.05, 3.63) is 71.3 Å². The maximum absolute atomic E-state index is 13.0. The van der Waals surface area contributed by atoms with Crippen LogP contribution in [0.4, 0.5) is 8.78 Å². The highest BCUT2D eigenvalue weighted by Gasteiger charge is 2.26. The summed E-state index contributed by atoms with van der Waals surface area (Å²) in [6, 6.07) is 9.52. The highest BCUT2D eigenvalue weighted by molar-refractivity contribution is 5.97. The Labute approximate surface area is 167 Å². The van der Waals surface area contributed by atoms with Crippen molar-refractivity contribution >= 4 is 17.8 Å². The van der Waals surface area contributed by atoms with Crippen LogP contribution in [0.15, 0.2) is 48.5 Å². The Bertz CT molecular complexity index is 852. The zero-order valence-electron chi connectivity index (χ0n) is 16.1. The second-order valence-electron chi connectivity index (χ2n) is 6.71. The number of carbonyl (C=O) groups is 3. The Morgan fingerprint density at radius 1 is 0.931 bits per heavy atom. The van der Waals surface area contributed by atoms with Crippen molar-refractivity contribution in [1.29, 1.82) is 0 Å². The van der Waals surface area contributed by atoms with Gasteiger partial charge in [-0.25, -0.2) is 13.6 Å². The van der Waals surface area contributed by atoms with Crippen LogP contribution in [0.1, 0.15) is 29.8 Å². The number of hydrogen-bond donors (Lipinski definition) is 2. The second-order valence-corrected chi connectivity index (χ2v) is 6.71. The maximum atomic E-state index is 13.0. The van der Waals surface area contributed by atoms with E-state index in [4.69, 9.17) is 4.74 Å². The largest absolute Gasteiger partial charge is 0.454 e. The van der Waals surface area contributed by atoms with Crippen molar-refractivity contribution in [3.63, 3.8) is 0 Å². The van der Waals surface area contributed by atoms with Gasteiger partial charge in [0, 0.05) is 12.1 Å². The van der Waals surface area contributed by atoms with E-state index in [0.29, 0.717) is 5.56 Å². The zero-order chi connectivity index (χ0) is 21.4. The van der Waals surface area contributed by atoms with Crippen LogP contribution in [0.25, 0.3) is 0 Å². The van der Waals surface area contributed by atoms with Gasteiger partial charge in [0.25, 0.3) is 11.8 Å². The fourth-order valence-electron chi connectivity index (χ4n) is 2.40. The molecule has 0 aliphatic heterocycles. The van der Waals surface area contributed by atoms with Crippen molar-refractivity contribution in [2.24, 2.45) is 5.92 Å². The number of amides is 2. The van der Waals surface area contributed by atoms with Gasteiger partial charge in [-0.2, -0.15) is 0 Å². The summed E-state index contributed by atoms with van der Waals surface area (Å²) in [7, 11) is 0. The third-order valence-corrected chi connectivity index (χ3v) is 4.06. The van der Waals surface area contributed by atoms with Crippen LogP contribution < -0.4 is 10.6 Å². The van der Waals surface area contributed by atoms with E-state index in [1.807, 2.05) is 0 Å². The number of halogens is 2. The van der Waals surface area contributed by atoms with Crippen LogP contribution in [0.3, 0.4) is 0 Å². The molecule has 2 aromatic rings. The van der Waals surface area contributed by atoms with Gasteiger partial charge in [-0.05, 0) is 47.9 Å². The summed E-state index contributed by atoms with van der Waals surface area (Å²) in [5, 5.41) is 5.09. The predicted molar refractivity (Wildman–Crippen MR) is 102 cm³/mol. The monoisotopic (exact) mass is 404 g/mol. The van der Waals surface area contributed by atoms with Crippen LogP contribution in [-0.4, -0.2) is 30.4 Å². The van der Waals surface area contributed by atoms with Gasteiger partial charge >= 0.3 is 5.97 Å². The molecule has 0 unspecified atom stereocenters. The number of carbonyl (C=O) groups excluding carboxylic acids is 3. The molecule has 0 aliphatic rings. The average Bonchev–Trinajstić information content (AvgIpc) is 2.69. The molecule has 0 heterocycles. The summed E-state index contributed by atoms with van der Waals surface area (Å²) >= 11 is 0. The van der Waals surface area contributed by atoms with Crippen molar-refractivity contribution in [1.82, 2.24) is 10.6 Å². The normalized spacial score (nSPS) is 11.6. The summed E-state index contributed by atoms with van der Waals surface area (Å²) in [6.45, 7) is 3.07. The molecule has 29 heavy (non-hydrogen) atoms. The van der Waals surface area contributed by atoms with E-state index in [1.54, 1.807) is 13.8 Å². The molecule has 0 saturated carbocycles. The third-order valence-electron chi connectivity index (χ3n) is 4.06. The van der Waals surface area contributed by atoms with Crippen molar-refractivity contribution in [2.75, 3.05) is 6.61 Å². The van der Waals surface area contributed by atoms with E-state index in [2.05, 4.69) is 10.6 Å². The number of rotatable bonds is 8. The summed E-state index contributed by atoms with van der Waals surface area (Å²) < 4.78 is 30.8. The van der Waals surface area contributed by atoms with Gasteiger partial charge in [0.15, 0.2) is 6.61 Å². The SMILES string of the molecule is CC(C)[C@H](NC(=O)c1ccc(F)cc1)C(=O)OCC(=O)NCc1ccc(F)cc1. The molecule has 0 aromatic heterocycles. The molecule has 8 heteroatoms. The minimum absolute atomic E-state index is 0.158. The summed E-state index contributed by atoms with van der Waals surface area (Å²) in [5.74, 6) is -3.00. The van der Waals surface area contributed by atoms with E-state index in [0.717, 1.165) is 12.1 Å². The van der Waals surface area contributed by atoms with Crippen LogP contribution in [-0.2, 0) is 20.9 Å². The summed E-state index contributed by atoms with van der Waals surface area (Å²) in [6.07, 6.45) is 0. The van der Waals surface area contributed by atoms with Crippen LogP contribution in [0, 0.1) is 17.6 Å². The van der Waals surface area contributed by atoms with Gasteiger partial charge in [-0.1, -0.05) is 26.0 Å². The lowest BCUT2D eigenvalue weighted by Crippen LogP contribution is -2.46. The Balaban J connectivity index is 1.85. The molecule has 2 rings (SSSR count). The first-order valence-corrected chi connectivity index (χ1v) is 9.00. The molecule has 154 valence electrons. The van der Waals surface area contributed by atoms with E-state index in [9.17, 15) is 23.2 Å². The maximum Gasteiger partial charge on any atom is 0.329 e. The van der Waals surface area contributed by atoms with Gasteiger partial charge < -0.3 is 15.4 Å². The number of hydrogen-bond acceptors (Lipinski definition) is 4. The Kier molecular flexibility index (Phi) is 7.82. The van der Waals surface area contributed by atoms with Gasteiger partial charge in [0.1, 0.15) is 17.7 Å². The van der Waals surface area contributed by atoms with Gasteiger partial charge in [-0.15, -0.1) is 0 Å². The molecule has 2 aromatic carbocycles. The molecule has 0 bridgehead atoms. The number of esters is 1. The molecule has 0 spiro atoms. The predicted octanol–water partition coefficient (Wildman–Crippen LogP) is 2.58. The lowest BCUT2D eigenvalue weighted by molar-refractivity contribution is -0.151. The molecule has 6 nitrogen and oxygen atoms in total. The van der Waals surface area contributed by atoms with E-state index < -0.39 is 36.2 Å². The first-order chi connectivity index (χ1) is 13.8. The Hall–Kier alpha value is -3.29. The van der Waals surface area contributed by atoms with Crippen molar-refractivity contribution < 1.29 is 27.9 Å². The Morgan fingerprint density at radius 2 is 1.48 bits per heavy atom. The topological polar surface area (TPSA) is 84.5 Å². The fraction of sp³-hybridized carbons (Fsp3) is 0.286. The first-order valence-electron chi connectivity index (χ1n) is 9.00. The minimum atomic E-state index is -0.975. The van der Waals surface area contributed by atoms with Crippen LogP contribution in [0.5, 0.6) is 0 Å². The highest BCUT2D eigenvalue weighted by Crippen LogP contribution is 2.08. The smallest absolute Gasteiger partial charge is 0.329 e. The third kappa shape index (κ3) is 6.99. The highest BCUT2D eigenvalue weighted by atomic mass is 19.1. The summed E-state index contributed by atoms with van der Waals surface area (Å²) in [4.78, 5) is 36.4. The molecule has 2 N–H and O–H groups in total. The van der Waals surface area contributed by atoms with Gasteiger partial charge in [-0.3, -0.25) is 9.59 Å². The second kappa shape index (κ2) is 10.3. The Morgan fingerprint density at radius 3 is 2.03 bits per heavy atom. The molecule has 2 amide bonds. The molecule has 0 radical (unpaired) electrons.